The van der Waals surface area contributed by atoms with Crippen LogP contribution < -0.4 is 0 Å². The topological polar surface area (TPSA) is 118 Å². The Hall–Kier alpha value is -1.15. The van der Waals surface area contributed by atoms with Crippen LogP contribution >= 0.6 is 0 Å². The number of carboxylic acids is 1. The minimum atomic E-state index is -3.12. The number of hydrogen-bond acceptors (Lipinski definition) is 5. The van der Waals surface area contributed by atoms with Crippen molar-refractivity contribution >= 4 is 22.9 Å². The zero-order valence-electron chi connectivity index (χ0n) is 18.0. The predicted octanol–water partition coefficient (Wildman–Crippen LogP) is 5.19. The second-order valence-corrected chi connectivity index (χ2v) is 7.01. The van der Waals surface area contributed by atoms with Gasteiger partial charge in [0.2, 0.25) is 0 Å². The molecule has 0 amide bonds. The fourth-order valence-corrected chi connectivity index (χ4v) is 2.27. The summed E-state index contributed by atoms with van der Waals surface area (Å²) < 4.78 is 29.3. The number of unbranched alkanes of at least 4 members (excludes halogenated alkanes) is 9. The zero-order valence-corrected chi connectivity index (χ0v) is 18.9. The second-order valence-electron chi connectivity index (χ2n) is 6.53. The minimum Gasteiger partial charge on any atom is -0.481 e. The average molecular weight is 427 g/mol. The molecule has 0 aliphatic carbocycles. The third-order valence-corrected chi connectivity index (χ3v) is 3.68. The lowest BCUT2D eigenvalue weighted by Crippen LogP contribution is -2.04. The van der Waals surface area contributed by atoms with Gasteiger partial charge in [0.05, 0.1) is 6.61 Å². The Morgan fingerprint density at radius 2 is 1.11 bits per heavy atom. The van der Waals surface area contributed by atoms with Crippen LogP contribution in [0, 0.1) is 0 Å². The summed E-state index contributed by atoms with van der Waals surface area (Å²) in [5, 5.41) is 7.91. The summed E-state index contributed by atoms with van der Waals surface area (Å²) in [6, 6.07) is 0. The quantitative estimate of drug-likeness (QED) is 0.143. The van der Waals surface area contributed by atoms with Gasteiger partial charge in [0.15, 0.2) is 0 Å². The highest BCUT2D eigenvalue weighted by molar-refractivity contribution is 7.66. The van der Waals surface area contributed by atoms with Crippen LogP contribution in [0.4, 0.5) is 0 Å². The van der Waals surface area contributed by atoms with E-state index in [0.29, 0.717) is 19.4 Å². The van der Waals surface area contributed by atoms with Gasteiger partial charge in [-0.3, -0.25) is 14.1 Å². The Labute approximate surface area is 173 Å². The molecular weight excluding hydrogens is 384 g/mol. The van der Waals surface area contributed by atoms with E-state index < -0.39 is 17.0 Å². The van der Waals surface area contributed by atoms with Crippen LogP contribution in [-0.2, 0) is 25.3 Å². The van der Waals surface area contributed by atoms with Gasteiger partial charge in [0.1, 0.15) is 0 Å². The number of hydrogen-bond donors (Lipinski definition) is 3. The number of rotatable bonds is 15. The lowest BCUT2D eigenvalue weighted by atomic mass is 10.1. The molecule has 0 saturated heterocycles. The Balaban J connectivity index is -0.000000513. The lowest BCUT2D eigenvalue weighted by molar-refractivity contribution is -0.143. The van der Waals surface area contributed by atoms with Crippen LogP contribution in [0.15, 0.2) is 0 Å². The van der Waals surface area contributed by atoms with E-state index in [1.165, 1.54) is 57.8 Å². The highest BCUT2D eigenvalue weighted by Crippen LogP contribution is 2.10. The number of esters is 1. The Kier molecular flexibility index (Phi) is 31.6. The summed E-state index contributed by atoms with van der Waals surface area (Å²) in [5.74, 6) is -0.745. The Morgan fingerprint density at radius 3 is 1.43 bits per heavy atom. The number of carbonyl (C=O) groups excluding carboxylic acids is 1. The van der Waals surface area contributed by atoms with Crippen molar-refractivity contribution in [3.05, 3.63) is 0 Å². The SMILES string of the molecule is CCCC(=O)O.CCCCCCCCCCCCOC(=O)CCC.O=[SH](=O)O. The molecule has 0 spiro atoms. The zero-order chi connectivity index (χ0) is 22.0. The van der Waals surface area contributed by atoms with Gasteiger partial charge in [-0.15, -0.1) is 0 Å². The monoisotopic (exact) mass is 426 g/mol. The standard InChI is InChI=1S/C16H32O2.C4H8O2.H2O3S/c1-3-5-6-7-8-9-10-11-12-13-15-18-16(17)14-4-2;1-2-3-4(5)6;1-4(2)3/h3-15H2,1-2H3;2-3H2,1H3,(H,5,6);4H,(H,1,2,3). The van der Waals surface area contributed by atoms with Gasteiger partial charge in [-0.25, -0.2) is 8.42 Å². The fraction of sp³-hybridized carbons (Fsp3) is 0.900. The molecule has 0 aromatic rings. The van der Waals surface area contributed by atoms with Gasteiger partial charge in [0, 0.05) is 12.8 Å². The minimum absolute atomic E-state index is 0.0339. The molecule has 0 unspecified atom stereocenters. The molecule has 170 valence electrons. The van der Waals surface area contributed by atoms with Crippen LogP contribution in [0.5, 0.6) is 0 Å². The Bertz CT molecular complexity index is 401. The maximum absolute atomic E-state index is 11.1. The summed E-state index contributed by atoms with van der Waals surface area (Å²) in [5.41, 5.74) is 0. The van der Waals surface area contributed by atoms with Crippen LogP contribution in [0.2, 0.25) is 0 Å². The largest absolute Gasteiger partial charge is 0.481 e. The Morgan fingerprint density at radius 1 is 0.714 bits per heavy atom. The first-order valence-corrected chi connectivity index (χ1v) is 11.6. The molecule has 28 heavy (non-hydrogen) atoms. The first-order chi connectivity index (χ1) is 13.3. The molecule has 2 N–H and O–H groups in total. The molecule has 0 aromatic carbocycles. The van der Waals surface area contributed by atoms with Gasteiger partial charge in [-0.1, -0.05) is 78.6 Å². The van der Waals surface area contributed by atoms with Crippen LogP contribution in [0.3, 0.4) is 0 Å². The van der Waals surface area contributed by atoms with E-state index >= 15 is 0 Å². The second kappa shape index (κ2) is 28.1. The van der Waals surface area contributed by atoms with Crippen LogP contribution in [-0.4, -0.2) is 36.6 Å². The van der Waals surface area contributed by atoms with Crippen molar-refractivity contribution in [3.8, 4) is 0 Å². The average Bonchev–Trinajstić information content (AvgIpc) is 2.60. The molecule has 0 heterocycles. The highest BCUT2D eigenvalue weighted by atomic mass is 32.2. The summed E-state index contributed by atoms with van der Waals surface area (Å²) in [4.78, 5) is 20.7. The van der Waals surface area contributed by atoms with E-state index in [4.69, 9.17) is 22.8 Å². The summed E-state index contributed by atoms with van der Waals surface area (Å²) in [6.07, 6.45) is 15.6. The molecule has 0 aliphatic heterocycles. The summed E-state index contributed by atoms with van der Waals surface area (Å²) in [7, 11) is -3.12. The number of carboxylic acid groups (broad SMARTS) is 1. The number of aliphatic carboxylic acids is 1. The molecule has 0 saturated carbocycles. The number of carbonyl (C=O) groups is 2. The van der Waals surface area contributed by atoms with E-state index in [2.05, 4.69) is 6.92 Å². The molecular formula is C20H42O7S. The smallest absolute Gasteiger partial charge is 0.305 e. The third-order valence-electron chi connectivity index (χ3n) is 3.68. The molecule has 0 atom stereocenters. The first kappa shape index (κ1) is 31.5. The molecule has 0 fully saturated rings. The molecule has 0 aliphatic rings. The van der Waals surface area contributed by atoms with Crippen molar-refractivity contribution in [1.82, 2.24) is 0 Å². The number of ether oxygens (including phenoxy) is 1. The van der Waals surface area contributed by atoms with E-state index in [0.717, 1.165) is 19.3 Å². The van der Waals surface area contributed by atoms with Gasteiger partial charge < -0.3 is 9.84 Å². The predicted molar refractivity (Wildman–Crippen MR) is 113 cm³/mol. The fourth-order valence-electron chi connectivity index (χ4n) is 2.27. The van der Waals surface area contributed by atoms with Crippen molar-refractivity contribution in [2.24, 2.45) is 0 Å². The molecule has 0 aromatic heterocycles. The molecule has 8 heteroatoms. The molecule has 0 bridgehead atoms. The van der Waals surface area contributed by atoms with Crippen molar-refractivity contribution in [1.29, 1.82) is 0 Å². The lowest BCUT2D eigenvalue weighted by Gasteiger charge is -2.04. The molecule has 0 radical (unpaired) electrons. The number of thiol groups is 1. The highest BCUT2D eigenvalue weighted by Gasteiger charge is 1.99. The van der Waals surface area contributed by atoms with Crippen molar-refractivity contribution in [3.63, 3.8) is 0 Å². The van der Waals surface area contributed by atoms with Gasteiger partial charge in [-0.05, 0) is 19.3 Å². The van der Waals surface area contributed by atoms with Gasteiger partial charge >= 0.3 is 11.9 Å². The van der Waals surface area contributed by atoms with Gasteiger partial charge in [0.25, 0.3) is 11.0 Å². The van der Waals surface area contributed by atoms with Crippen molar-refractivity contribution in [2.75, 3.05) is 6.61 Å². The summed E-state index contributed by atoms with van der Waals surface area (Å²) >= 11 is 0. The van der Waals surface area contributed by atoms with Crippen molar-refractivity contribution < 1.29 is 32.4 Å². The third kappa shape index (κ3) is 44.4. The first-order valence-electron chi connectivity index (χ1n) is 10.5. The maximum atomic E-state index is 11.1. The van der Waals surface area contributed by atoms with E-state index in [-0.39, 0.29) is 5.97 Å². The molecule has 0 rings (SSSR count). The van der Waals surface area contributed by atoms with Crippen LogP contribution in [0.1, 0.15) is 111 Å². The van der Waals surface area contributed by atoms with E-state index in [1.807, 2.05) is 13.8 Å². The van der Waals surface area contributed by atoms with E-state index in [1.54, 1.807) is 0 Å². The summed E-state index contributed by atoms with van der Waals surface area (Å²) in [6.45, 7) is 6.72. The molecule has 7 nitrogen and oxygen atoms in total. The van der Waals surface area contributed by atoms with E-state index in [9.17, 15) is 9.59 Å². The van der Waals surface area contributed by atoms with Gasteiger partial charge in [-0.2, -0.15) is 0 Å². The normalized spacial score (nSPS) is 9.75. The maximum Gasteiger partial charge on any atom is 0.305 e. The van der Waals surface area contributed by atoms with Crippen molar-refractivity contribution in [2.45, 2.75) is 111 Å². The van der Waals surface area contributed by atoms with Crippen LogP contribution in [0.25, 0.3) is 0 Å².